The van der Waals surface area contributed by atoms with E-state index in [0.29, 0.717) is 12.8 Å². The fourth-order valence-electron chi connectivity index (χ4n) is 2.52. The summed E-state index contributed by atoms with van der Waals surface area (Å²) in [7, 11) is 0. The first kappa shape index (κ1) is 30.6. The van der Waals surface area contributed by atoms with Gasteiger partial charge >= 0.3 is 35.8 Å². The first-order chi connectivity index (χ1) is 14.2. The molecule has 0 heterocycles. The van der Waals surface area contributed by atoms with E-state index in [9.17, 15) is 61.9 Å². The summed E-state index contributed by atoms with van der Waals surface area (Å²) in [5, 5.41) is 0. The fraction of sp³-hybridized carbons (Fsp3) is 0.941. The van der Waals surface area contributed by atoms with Gasteiger partial charge in [0.25, 0.3) is 5.91 Å². The van der Waals surface area contributed by atoms with Gasteiger partial charge in [0, 0.05) is 13.1 Å². The van der Waals surface area contributed by atoms with Crippen LogP contribution >= 0.6 is 0 Å². The van der Waals surface area contributed by atoms with E-state index >= 15 is 0 Å². The van der Waals surface area contributed by atoms with Crippen molar-refractivity contribution in [3.8, 4) is 0 Å². The molecule has 2 nitrogen and oxygen atoms in total. The zero-order valence-corrected chi connectivity index (χ0v) is 16.9. The van der Waals surface area contributed by atoms with Gasteiger partial charge in [0.1, 0.15) is 0 Å². The Morgan fingerprint density at radius 1 is 0.562 bits per heavy atom. The molecule has 0 radical (unpaired) electrons. The molecule has 0 rings (SSSR count). The lowest BCUT2D eigenvalue weighted by molar-refractivity contribution is -0.436. The Kier molecular flexibility index (Phi) is 9.76. The average molecular weight is 503 g/mol. The highest BCUT2D eigenvalue weighted by atomic mass is 19.4. The molecule has 0 aliphatic heterocycles. The van der Waals surface area contributed by atoms with Crippen LogP contribution in [0.15, 0.2) is 0 Å². The second-order valence-corrected chi connectivity index (χ2v) is 7.08. The Balaban J connectivity index is 6.22. The molecule has 0 unspecified atom stereocenters. The molecule has 32 heavy (non-hydrogen) atoms. The van der Waals surface area contributed by atoms with Gasteiger partial charge in [0.15, 0.2) is 0 Å². The van der Waals surface area contributed by atoms with Crippen LogP contribution in [0.3, 0.4) is 0 Å². The Hall–Kier alpha value is -1.44. The van der Waals surface area contributed by atoms with E-state index in [1.54, 1.807) is 13.8 Å². The highest BCUT2D eigenvalue weighted by Crippen LogP contribution is 2.60. The third-order valence-corrected chi connectivity index (χ3v) is 4.55. The molecule has 0 saturated heterocycles. The number of hydrogen-bond acceptors (Lipinski definition) is 1. The Morgan fingerprint density at radius 3 is 1.22 bits per heavy atom. The lowest BCUT2D eigenvalue weighted by Crippen LogP contribution is -2.72. The van der Waals surface area contributed by atoms with Crippen LogP contribution in [0.4, 0.5) is 57.1 Å². The zero-order chi connectivity index (χ0) is 25.8. The molecule has 0 aromatic heterocycles. The second kappa shape index (κ2) is 10.2. The van der Waals surface area contributed by atoms with Gasteiger partial charge in [-0.25, -0.2) is 0 Å². The number of carbonyl (C=O) groups excluding carboxylic acids is 1. The summed E-state index contributed by atoms with van der Waals surface area (Å²) in [6.07, 6.45) is -6.21. The van der Waals surface area contributed by atoms with Gasteiger partial charge in [-0.05, 0) is 12.8 Å². The minimum absolute atomic E-state index is 0.0185. The average Bonchev–Trinajstić information content (AvgIpc) is 2.64. The molecule has 0 aliphatic rings. The Labute approximate surface area is 175 Å². The molecule has 0 atom stereocenters. The van der Waals surface area contributed by atoms with Gasteiger partial charge in [-0.15, -0.1) is 0 Å². The summed E-state index contributed by atoms with van der Waals surface area (Å²) < 4.78 is 172. The van der Waals surface area contributed by atoms with Crippen molar-refractivity contribution in [3.05, 3.63) is 0 Å². The van der Waals surface area contributed by atoms with Gasteiger partial charge < -0.3 is 4.90 Å². The summed E-state index contributed by atoms with van der Waals surface area (Å²) in [5.74, 6) is -41.2. The van der Waals surface area contributed by atoms with Gasteiger partial charge in [-0.2, -0.15) is 57.1 Å². The van der Waals surface area contributed by atoms with E-state index in [4.69, 9.17) is 0 Å². The molecule has 15 heteroatoms. The molecule has 0 N–H and O–H groups in total. The van der Waals surface area contributed by atoms with E-state index < -0.39 is 54.8 Å². The molecule has 0 aliphatic carbocycles. The first-order valence-corrected chi connectivity index (χ1v) is 9.43. The van der Waals surface area contributed by atoms with E-state index in [1.807, 2.05) is 0 Å². The van der Waals surface area contributed by atoms with Crippen LogP contribution in [-0.4, -0.2) is 59.7 Å². The van der Waals surface area contributed by atoms with Crippen LogP contribution in [0.5, 0.6) is 0 Å². The first-order valence-electron chi connectivity index (χ1n) is 9.43. The molecule has 0 saturated carbocycles. The number of hydrogen-bond donors (Lipinski definition) is 0. The zero-order valence-electron chi connectivity index (χ0n) is 16.9. The molecule has 1 amide bonds. The van der Waals surface area contributed by atoms with Crippen molar-refractivity contribution in [2.45, 2.75) is 88.2 Å². The number of unbranched alkanes of at least 4 members (excludes halogenated alkanes) is 4. The van der Waals surface area contributed by atoms with Crippen molar-refractivity contribution in [2.75, 3.05) is 13.1 Å². The van der Waals surface area contributed by atoms with Gasteiger partial charge in [0.05, 0.1) is 0 Å². The van der Waals surface area contributed by atoms with Crippen molar-refractivity contribution >= 4 is 5.91 Å². The molecular weight excluding hydrogens is 481 g/mol. The van der Waals surface area contributed by atoms with E-state index in [1.165, 1.54) is 0 Å². The smallest absolute Gasteiger partial charge is 0.337 e. The maximum Gasteiger partial charge on any atom is 0.460 e. The van der Waals surface area contributed by atoms with E-state index in [-0.39, 0.29) is 30.6 Å². The molecule has 0 aromatic rings. The third kappa shape index (κ3) is 5.37. The second-order valence-electron chi connectivity index (χ2n) is 7.08. The van der Waals surface area contributed by atoms with Crippen LogP contribution in [0.25, 0.3) is 0 Å². The molecule has 0 bridgehead atoms. The molecular formula is C17H22F13NO. The fourth-order valence-corrected chi connectivity index (χ4v) is 2.52. The quantitative estimate of drug-likeness (QED) is 0.197. The van der Waals surface area contributed by atoms with Crippen molar-refractivity contribution < 1.29 is 61.9 Å². The van der Waals surface area contributed by atoms with Crippen molar-refractivity contribution in [3.63, 3.8) is 0 Å². The van der Waals surface area contributed by atoms with Crippen LogP contribution in [0.1, 0.15) is 52.4 Å². The van der Waals surface area contributed by atoms with Crippen LogP contribution in [0.2, 0.25) is 0 Å². The monoisotopic (exact) mass is 503 g/mol. The van der Waals surface area contributed by atoms with Gasteiger partial charge in [-0.1, -0.05) is 39.5 Å². The third-order valence-electron chi connectivity index (χ3n) is 4.55. The minimum atomic E-state index is -8.01. The van der Waals surface area contributed by atoms with Crippen LogP contribution < -0.4 is 0 Å². The number of halogens is 13. The SMILES string of the molecule is CCCCCN(CCCCC)C(=O)C(F)(F)C(F)(F)C(F)(F)C(F)(F)C(F)(F)C(F)(F)F. The largest absolute Gasteiger partial charge is 0.460 e. The normalized spacial score (nSPS) is 14.6. The summed E-state index contributed by atoms with van der Waals surface area (Å²) in [6, 6.07) is 0. The maximum absolute atomic E-state index is 14.1. The predicted molar refractivity (Wildman–Crippen MR) is 86.4 cm³/mol. The Morgan fingerprint density at radius 2 is 0.906 bits per heavy atom. The van der Waals surface area contributed by atoms with Crippen LogP contribution in [0, 0.1) is 0 Å². The van der Waals surface area contributed by atoms with Crippen molar-refractivity contribution in [2.24, 2.45) is 0 Å². The highest BCUT2D eigenvalue weighted by Gasteiger charge is 2.91. The number of carbonyl (C=O) groups is 1. The lowest BCUT2D eigenvalue weighted by Gasteiger charge is -2.40. The van der Waals surface area contributed by atoms with Gasteiger partial charge in [-0.3, -0.25) is 4.79 Å². The van der Waals surface area contributed by atoms with E-state index in [0.717, 1.165) is 0 Å². The van der Waals surface area contributed by atoms with Crippen molar-refractivity contribution in [1.29, 1.82) is 0 Å². The van der Waals surface area contributed by atoms with E-state index in [2.05, 4.69) is 0 Å². The summed E-state index contributed by atoms with van der Waals surface area (Å²) in [4.78, 5) is 11.9. The lowest BCUT2D eigenvalue weighted by atomic mass is 9.93. The topological polar surface area (TPSA) is 20.3 Å². The minimum Gasteiger partial charge on any atom is -0.337 e. The maximum atomic E-state index is 14.1. The standard InChI is InChI=1S/C17H22F13NO/c1-3-5-7-9-31(10-8-6-4-2)11(32)12(18,19)13(20,21)14(22,23)15(24,25)16(26,27)17(28,29)30/h3-10H2,1-2H3. The highest BCUT2D eigenvalue weighted by molar-refractivity contribution is 5.85. The number of alkyl halides is 13. The van der Waals surface area contributed by atoms with Crippen molar-refractivity contribution in [1.82, 2.24) is 4.90 Å². The number of nitrogens with zero attached hydrogens (tertiary/aromatic N) is 1. The molecule has 0 fully saturated rings. The summed E-state index contributed by atoms with van der Waals surface area (Å²) in [6.45, 7) is 1.89. The van der Waals surface area contributed by atoms with Crippen LogP contribution in [-0.2, 0) is 4.79 Å². The summed E-state index contributed by atoms with van der Waals surface area (Å²) in [5.41, 5.74) is 0. The van der Waals surface area contributed by atoms with Gasteiger partial charge in [0.2, 0.25) is 0 Å². The number of amides is 1. The molecule has 0 spiro atoms. The Bertz CT molecular complexity index is 606. The molecule has 192 valence electrons. The number of rotatable bonds is 13. The predicted octanol–water partition coefficient (Wildman–Crippen LogP) is 6.93. The summed E-state index contributed by atoms with van der Waals surface area (Å²) >= 11 is 0. The molecule has 0 aromatic carbocycles.